The molecular formula is C16H17NO2. The molecule has 3 nitrogen and oxygen atoms in total. The van der Waals surface area contributed by atoms with Crippen LogP contribution in [0.4, 0.5) is 0 Å². The summed E-state index contributed by atoms with van der Waals surface area (Å²) in [5, 5.41) is 10.5. The van der Waals surface area contributed by atoms with Crippen molar-refractivity contribution in [3.05, 3.63) is 59.4 Å². The lowest BCUT2D eigenvalue weighted by Crippen LogP contribution is -2.05. The number of nitrogens with zero attached hydrogens (tertiary/aromatic N) is 1. The third-order valence-electron chi connectivity index (χ3n) is 3.55. The van der Waals surface area contributed by atoms with Gasteiger partial charge in [0, 0.05) is 6.20 Å². The van der Waals surface area contributed by atoms with E-state index in [0.717, 1.165) is 5.56 Å². The van der Waals surface area contributed by atoms with Gasteiger partial charge in [0.15, 0.2) is 0 Å². The Morgan fingerprint density at radius 1 is 1.26 bits per heavy atom. The normalized spacial score (nSPS) is 16.1. The van der Waals surface area contributed by atoms with Gasteiger partial charge < -0.3 is 9.84 Å². The topological polar surface area (TPSA) is 42.4 Å². The summed E-state index contributed by atoms with van der Waals surface area (Å²) in [7, 11) is 1.59. The van der Waals surface area contributed by atoms with Crippen molar-refractivity contribution in [2.75, 3.05) is 7.11 Å². The van der Waals surface area contributed by atoms with Gasteiger partial charge in [-0.2, -0.15) is 0 Å². The largest absolute Gasteiger partial charge is 0.495 e. The van der Waals surface area contributed by atoms with E-state index in [-0.39, 0.29) is 0 Å². The fraction of sp³-hybridized carbons (Fsp3) is 0.312. The quantitative estimate of drug-likeness (QED) is 0.913. The Bertz CT molecular complexity index is 578. The van der Waals surface area contributed by atoms with E-state index in [1.807, 2.05) is 18.2 Å². The second-order valence-corrected chi connectivity index (χ2v) is 4.94. The van der Waals surface area contributed by atoms with E-state index in [4.69, 9.17) is 4.74 Å². The molecule has 0 bridgehead atoms. The van der Waals surface area contributed by atoms with Gasteiger partial charge in [-0.25, -0.2) is 0 Å². The van der Waals surface area contributed by atoms with Crippen LogP contribution in [0.5, 0.6) is 5.75 Å². The average molecular weight is 255 g/mol. The van der Waals surface area contributed by atoms with Gasteiger partial charge in [-0.05, 0) is 42.0 Å². The van der Waals surface area contributed by atoms with Gasteiger partial charge in [-0.3, -0.25) is 4.98 Å². The Labute approximate surface area is 112 Å². The van der Waals surface area contributed by atoms with E-state index in [2.05, 4.69) is 17.1 Å². The van der Waals surface area contributed by atoms with Crippen molar-refractivity contribution in [3.8, 4) is 5.75 Å². The summed E-state index contributed by atoms with van der Waals surface area (Å²) >= 11 is 0. The molecule has 0 spiro atoms. The van der Waals surface area contributed by atoms with Crippen LogP contribution in [-0.4, -0.2) is 17.2 Å². The van der Waals surface area contributed by atoms with Gasteiger partial charge in [0.05, 0.1) is 7.11 Å². The molecule has 1 aliphatic carbocycles. The fourth-order valence-electron chi connectivity index (χ4n) is 2.34. The van der Waals surface area contributed by atoms with Crippen molar-refractivity contribution in [1.29, 1.82) is 0 Å². The minimum absolute atomic E-state index is 0.568. The van der Waals surface area contributed by atoms with Gasteiger partial charge in [-0.15, -0.1) is 0 Å². The summed E-state index contributed by atoms with van der Waals surface area (Å²) in [6.45, 7) is 0. The highest BCUT2D eigenvalue weighted by atomic mass is 16.5. The summed E-state index contributed by atoms with van der Waals surface area (Å²) in [5.41, 5.74) is 2.76. The highest BCUT2D eigenvalue weighted by Crippen LogP contribution is 2.41. The number of ether oxygens (including phenoxy) is 1. The lowest BCUT2D eigenvalue weighted by molar-refractivity contribution is 0.209. The zero-order valence-electron chi connectivity index (χ0n) is 10.9. The van der Waals surface area contributed by atoms with Crippen LogP contribution in [0.25, 0.3) is 0 Å². The Morgan fingerprint density at radius 3 is 2.84 bits per heavy atom. The van der Waals surface area contributed by atoms with Crippen LogP contribution in [0.15, 0.2) is 42.6 Å². The summed E-state index contributed by atoms with van der Waals surface area (Å²) in [4.78, 5) is 4.24. The van der Waals surface area contributed by atoms with Crippen molar-refractivity contribution < 1.29 is 9.84 Å². The first kappa shape index (κ1) is 12.2. The number of aliphatic hydroxyl groups is 1. The molecule has 1 fully saturated rings. The summed E-state index contributed by atoms with van der Waals surface area (Å²) in [6.07, 6.45) is 3.44. The van der Waals surface area contributed by atoms with E-state index >= 15 is 0 Å². The minimum Gasteiger partial charge on any atom is -0.495 e. The number of benzene rings is 1. The Hall–Kier alpha value is -1.87. The lowest BCUT2D eigenvalue weighted by atomic mass is 10.0. The SMILES string of the molecule is COc1cccnc1C(O)c1cccc(C2CC2)c1. The van der Waals surface area contributed by atoms with Crippen LogP contribution in [0.1, 0.15) is 41.7 Å². The fourth-order valence-corrected chi connectivity index (χ4v) is 2.34. The number of hydrogen-bond acceptors (Lipinski definition) is 3. The number of aromatic nitrogens is 1. The Balaban J connectivity index is 1.94. The average Bonchev–Trinajstić information content (AvgIpc) is 3.31. The van der Waals surface area contributed by atoms with E-state index in [1.54, 1.807) is 19.4 Å². The van der Waals surface area contributed by atoms with E-state index < -0.39 is 6.10 Å². The van der Waals surface area contributed by atoms with E-state index in [9.17, 15) is 5.11 Å². The van der Waals surface area contributed by atoms with Gasteiger partial charge in [-0.1, -0.05) is 24.3 Å². The van der Waals surface area contributed by atoms with E-state index in [1.165, 1.54) is 18.4 Å². The highest BCUT2D eigenvalue weighted by molar-refractivity contribution is 5.38. The number of methoxy groups -OCH3 is 1. The molecule has 1 aromatic heterocycles. The van der Waals surface area contributed by atoms with Crippen LogP contribution < -0.4 is 4.74 Å². The van der Waals surface area contributed by atoms with Crippen LogP contribution in [-0.2, 0) is 0 Å². The van der Waals surface area contributed by atoms with Crippen LogP contribution in [0, 0.1) is 0 Å². The molecular weight excluding hydrogens is 238 g/mol. The molecule has 1 aliphatic rings. The molecule has 0 amide bonds. The minimum atomic E-state index is -0.741. The first-order valence-electron chi connectivity index (χ1n) is 6.56. The van der Waals surface area contributed by atoms with Crippen LogP contribution in [0.2, 0.25) is 0 Å². The first-order valence-corrected chi connectivity index (χ1v) is 6.56. The van der Waals surface area contributed by atoms with Crippen molar-refractivity contribution in [2.24, 2.45) is 0 Å². The highest BCUT2D eigenvalue weighted by Gasteiger charge is 2.25. The van der Waals surface area contributed by atoms with Crippen molar-refractivity contribution in [2.45, 2.75) is 24.9 Å². The van der Waals surface area contributed by atoms with E-state index in [0.29, 0.717) is 17.4 Å². The second kappa shape index (κ2) is 5.02. The number of hydrogen-bond donors (Lipinski definition) is 1. The predicted molar refractivity (Wildman–Crippen MR) is 73.3 cm³/mol. The van der Waals surface area contributed by atoms with Gasteiger partial charge >= 0.3 is 0 Å². The zero-order chi connectivity index (χ0) is 13.2. The van der Waals surface area contributed by atoms with Gasteiger partial charge in [0.25, 0.3) is 0 Å². The summed E-state index contributed by atoms with van der Waals surface area (Å²) in [6, 6.07) is 11.8. The van der Waals surface area contributed by atoms with Gasteiger partial charge in [0.1, 0.15) is 17.5 Å². The van der Waals surface area contributed by atoms with Crippen molar-refractivity contribution in [1.82, 2.24) is 4.98 Å². The Kier molecular flexibility index (Phi) is 3.22. The molecule has 3 heteroatoms. The predicted octanol–water partition coefficient (Wildman–Crippen LogP) is 3.05. The molecule has 2 aromatic rings. The molecule has 1 N–H and O–H groups in total. The maximum Gasteiger partial charge on any atom is 0.143 e. The molecule has 3 rings (SSSR count). The summed E-state index contributed by atoms with van der Waals surface area (Å²) < 4.78 is 5.26. The molecule has 98 valence electrons. The van der Waals surface area contributed by atoms with Crippen LogP contribution >= 0.6 is 0 Å². The molecule has 0 aliphatic heterocycles. The summed E-state index contributed by atoms with van der Waals surface area (Å²) in [5.74, 6) is 1.30. The third-order valence-corrected chi connectivity index (χ3v) is 3.55. The number of aliphatic hydroxyl groups excluding tert-OH is 1. The molecule has 0 saturated heterocycles. The molecule has 1 unspecified atom stereocenters. The van der Waals surface area contributed by atoms with Crippen LogP contribution in [0.3, 0.4) is 0 Å². The molecule has 1 aromatic carbocycles. The Morgan fingerprint density at radius 2 is 2.11 bits per heavy atom. The maximum absolute atomic E-state index is 10.5. The molecule has 1 heterocycles. The first-order chi connectivity index (χ1) is 9.29. The number of rotatable bonds is 4. The molecule has 1 atom stereocenters. The van der Waals surface area contributed by atoms with Crippen molar-refractivity contribution in [3.63, 3.8) is 0 Å². The lowest BCUT2D eigenvalue weighted by Gasteiger charge is -2.14. The maximum atomic E-state index is 10.5. The third kappa shape index (κ3) is 2.47. The standard InChI is InChI=1S/C16H17NO2/c1-19-14-6-3-9-17-15(14)16(18)13-5-2-4-12(10-13)11-7-8-11/h2-6,9-11,16,18H,7-8H2,1H3. The number of pyridine rings is 1. The van der Waals surface area contributed by atoms with Crippen molar-refractivity contribution >= 4 is 0 Å². The second-order valence-electron chi connectivity index (χ2n) is 4.94. The molecule has 0 radical (unpaired) electrons. The zero-order valence-corrected chi connectivity index (χ0v) is 10.9. The van der Waals surface area contributed by atoms with Gasteiger partial charge in [0.2, 0.25) is 0 Å². The molecule has 1 saturated carbocycles. The molecule has 19 heavy (non-hydrogen) atoms. The monoisotopic (exact) mass is 255 g/mol. The smallest absolute Gasteiger partial charge is 0.143 e.